The van der Waals surface area contributed by atoms with Gasteiger partial charge < -0.3 is 25.2 Å². The van der Waals surface area contributed by atoms with Gasteiger partial charge in [0.25, 0.3) is 0 Å². The molecule has 1 saturated heterocycles. The maximum Gasteiger partial charge on any atom is 0.313 e. The number of benzene rings is 1. The first-order valence-corrected chi connectivity index (χ1v) is 11.8. The smallest absolute Gasteiger partial charge is 0.313 e. The Morgan fingerprint density at radius 1 is 1.06 bits per heavy atom. The molecule has 3 rings (SSSR count). The Morgan fingerprint density at radius 2 is 1.79 bits per heavy atom. The highest BCUT2D eigenvalue weighted by Gasteiger charge is 2.17. The predicted molar refractivity (Wildman–Crippen MR) is 134 cm³/mol. The van der Waals surface area contributed by atoms with Crippen molar-refractivity contribution in [1.29, 1.82) is 0 Å². The number of aryl methyl sites for hydroxylation is 1. The highest BCUT2D eigenvalue weighted by Crippen LogP contribution is 2.22. The van der Waals surface area contributed by atoms with Crippen LogP contribution in [0.5, 0.6) is 5.75 Å². The van der Waals surface area contributed by atoms with Crippen LogP contribution in [-0.2, 0) is 9.59 Å². The molecule has 0 spiro atoms. The second-order valence-corrected chi connectivity index (χ2v) is 8.73. The Bertz CT molecular complexity index is 930. The highest BCUT2D eigenvalue weighted by molar-refractivity contribution is 6.39. The minimum absolute atomic E-state index is 0.467. The van der Waals surface area contributed by atoms with E-state index >= 15 is 0 Å². The maximum atomic E-state index is 12.2. The molecule has 1 aliphatic heterocycles. The molecule has 9 nitrogen and oxygen atoms in total. The van der Waals surface area contributed by atoms with Crippen molar-refractivity contribution in [2.75, 3.05) is 76.7 Å². The van der Waals surface area contributed by atoms with E-state index in [0.29, 0.717) is 18.8 Å². The molecular weight excluding hydrogens is 432 g/mol. The summed E-state index contributed by atoms with van der Waals surface area (Å²) in [5.74, 6) is -0.510. The first kappa shape index (κ1) is 25.5. The molecule has 1 aromatic heterocycles. The van der Waals surface area contributed by atoms with Crippen LogP contribution in [0.2, 0.25) is 0 Å². The van der Waals surface area contributed by atoms with Gasteiger partial charge in [-0.15, -0.1) is 0 Å². The zero-order valence-electron chi connectivity index (χ0n) is 20.4. The van der Waals surface area contributed by atoms with E-state index in [2.05, 4.69) is 25.4 Å². The van der Waals surface area contributed by atoms with E-state index in [-0.39, 0.29) is 0 Å². The summed E-state index contributed by atoms with van der Waals surface area (Å²) < 4.78 is 5.76. The molecule has 1 aliphatic rings. The second kappa shape index (κ2) is 12.9. The third kappa shape index (κ3) is 8.00. The van der Waals surface area contributed by atoms with E-state index in [4.69, 9.17) is 4.74 Å². The van der Waals surface area contributed by atoms with Gasteiger partial charge in [-0.25, -0.2) is 0 Å². The number of carbonyl (C=O) groups excluding carboxylic acids is 2. The zero-order valence-corrected chi connectivity index (χ0v) is 20.4. The summed E-state index contributed by atoms with van der Waals surface area (Å²) in [7, 11) is 3.98. The molecule has 0 unspecified atom stereocenters. The number of rotatable bonds is 10. The molecule has 0 aliphatic carbocycles. The van der Waals surface area contributed by atoms with Gasteiger partial charge in [0, 0.05) is 63.0 Å². The molecule has 2 aromatic rings. The van der Waals surface area contributed by atoms with Crippen molar-refractivity contribution in [2.45, 2.75) is 13.3 Å². The average molecular weight is 469 g/mol. The lowest BCUT2D eigenvalue weighted by Gasteiger charge is -2.36. The topological polar surface area (TPSA) is 90.0 Å². The van der Waals surface area contributed by atoms with E-state index in [9.17, 15) is 9.59 Å². The number of carbonyl (C=O) groups is 2. The first-order valence-electron chi connectivity index (χ1n) is 11.8. The summed E-state index contributed by atoms with van der Waals surface area (Å²) in [6.45, 7) is 8.57. The molecule has 1 fully saturated rings. The van der Waals surface area contributed by atoms with Gasteiger partial charge in [-0.2, -0.15) is 0 Å². The SMILES string of the molecule is Cc1cc(NC(=O)C(=O)NCCCN2CCN(c3ccncc3)CC2)ccc1OCCN(C)C. The summed E-state index contributed by atoms with van der Waals surface area (Å²) in [6, 6.07) is 9.43. The lowest BCUT2D eigenvalue weighted by atomic mass is 10.2. The van der Waals surface area contributed by atoms with Gasteiger partial charge in [-0.1, -0.05) is 0 Å². The number of hydrogen-bond donors (Lipinski definition) is 2. The number of hydrogen-bond acceptors (Lipinski definition) is 7. The standard InChI is InChI=1S/C25H36N6O3/c1-20-19-21(5-6-23(20)34-18-17-29(2)3)28-25(33)24(32)27-9-4-12-30-13-15-31(16-14-30)22-7-10-26-11-8-22/h5-8,10-11,19H,4,9,12-18H2,1-3H3,(H,27,32)(H,28,33). The van der Waals surface area contributed by atoms with Crippen molar-refractivity contribution in [2.24, 2.45) is 0 Å². The highest BCUT2D eigenvalue weighted by atomic mass is 16.5. The molecule has 0 saturated carbocycles. The third-order valence-electron chi connectivity index (χ3n) is 5.77. The third-order valence-corrected chi connectivity index (χ3v) is 5.77. The fourth-order valence-electron chi connectivity index (χ4n) is 3.78. The van der Waals surface area contributed by atoms with Gasteiger partial charge >= 0.3 is 11.8 Å². The molecule has 184 valence electrons. The first-order chi connectivity index (χ1) is 16.4. The summed E-state index contributed by atoms with van der Waals surface area (Å²) in [6.07, 6.45) is 4.43. The van der Waals surface area contributed by atoms with Crippen LogP contribution in [0.25, 0.3) is 0 Å². The Balaban J connectivity index is 1.32. The maximum absolute atomic E-state index is 12.2. The minimum atomic E-state index is -0.661. The largest absolute Gasteiger partial charge is 0.492 e. The van der Waals surface area contributed by atoms with Crippen molar-refractivity contribution in [3.63, 3.8) is 0 Å². The van der Waals surface area contributed by atoms with Gasteiger partial charge in [-0.3, -0.25) is 19.5 Å². The Hall–Kier alpha value is -3.17. The number of likely N-dealkylation sites (N-methyl/N-ethyl adjacent to an activating group) is 1. The molecule has 2 N–H and O–H groups in total. The van der Waals surface area contributed by atoms with E-state index in [1.165, 1.54) is 5.69 Å². The molecule has 2 amide bonds. The van der Waals surface area contributed by atoms with E-state index in [1.807, 2.05) is 62.6 Å². The van der Waals surface area contributed by atoms with Crippen LogP contribution in [0.4, 0.5) is 11.4 Å². The number of aromatic nitrogens is 1. The monoisotopic (exact) mass is 468 g/mol. The number of piperazine rings is 1. The zero-order chi connectivity index (χ0) is 24.3. The fourth-order valence-corrected chi connectivity index (χ4v) is 3.78. The second-order valence-electron chi connectivity index (χ2n) is 8.73. The van der Waals surface area contributed by atoms with E-state index < -0.39 is 11.8 Å². The van der Waals surface area contributed by atoms with Crippen LogP contribution in [0.3, 0.4) is 0 Å². The van der Waals surface area contributed by atoms with Gasteiger partial charge in [0.15, 0.2) is 0 Å². The van der Waals surface area contributed by atoms with Crippen LogP contribution in [-0.4, -0.2) is 93.1 Å². The molecule has 0 radical (unpaired) electrons. The van der Waals surface area contributed by atoms with E-state index in [0.717, 1.165) is 57.0 Å². The molecule has 2 heterocycles. The van der Waals surface area contributed by atoms with Gasteiger partial charge in [-0.05, 0) is 69.9 Å². The number of pyridine rings is 1. The summed E-state index contributed by atoms with van der Waals surface area (Å²) in [5.41, 5.74) is 2.68. The Morgan fingerprint density at radius 3 is 2.47 bits per heavy atom. The van der Waals surface area contributed by atoms with Crippen molar-refractivity contribution in [1.82, 2.24) is 20.1 Å². The van der Waals surface area contributed by atoms with Gasteiger partial charge in [0.1, 0.15) is 12.4 Å². The van der Waals surface area contributed by atoms with E-state index in [1.54, 1.807) is 6.07 Å². The lowest BCUT2D eigenvalue weighted by molar-refractivity contribution is -0.136. The van der Waals surface area contributed by atoms with Crippen molar-refractivity contribution >= 4 is 23.2 Å². The fraction of sp³-hybridized carbons (Fsp3) is 0.480. The average Bonchev–Trinajstić information content (AvgIpc) is 2.84. The predicted octanol–water partition coefficient (Wildman–Crippen LogP) is 1.60. The van der Waals surface area contributed by atoms with Crippen LogP contribution >= 0.6 is 0 Å². The summed E-state index contributed by atoms with van der Waals surface area (Å²) in [4.78, 5) is 35.3. The minimum Gasteiger partial charge on any atom is -0.492 e. The molecule has 0 atom stereocenters. The van der Waals surface area contributed by atoms with Crippen LogP contribution < -0.4 is 20.3 Å². The number of nitrogens with zero attached hydrogens (tertiary/aromatic N) is 4. The Labute approximate surface area is 202 Å². The van der Waals surface area contributed by atoms with Crippen LogP contribution in [0, 0.1) is 6.92 Å². The molecular formula is C25H36N6O3. The van der Waals surface area contributed by atoms with Crippen molar-refractivity contribution in [3.8, 4) is 5.75 Å². The van der Waals surface area contributed by atoms with Crippen LogP contribution in [0.1, 0.15) is 12.0 Å². The number of nitrogens with one attached hydrogen (secondary N) is 2. The normalized spacial score (nSPS) is 14.2. The lowest BCUT2D eigenvalue weighted by Crippen LogP contribution is -2.47. The Kier molecular flexibility index (Phi) is 9.66. The van der Waals surface area contributed by atoms with Crippen LogP contribution in [0.15, 0.2) is 42.7 Å². The summed E-state index contributed by atoms with van der Waals surface area (Å²) >= 11 is 0. The van der Waals surface area contributed by atoms with Crippen molar-refractivity contribution in [3.05, 3.63) is 48.3 Å². The van der Waals surface area contributed by atoms with Gasteiger partial charge in [0.05, 0.1) is 0 Å². The molecule has 0 bridgehead atoms. The molecule has 34 heavy (non-hydrogen) atoms. The molecule has 9 heteroatoms. The van der Waals surface area contributed by atoms with Gasteiger partial charge in [0.2, 0.25) is 0 Å². The molecule has 1 aromatic carbocycles. The summed E-state index contributed by atoms with van der Waals surface area (Å²) in [5, 5.41) is 5.38. The number of anilines is 2. The quantitative estimate of drug-likeness (QED) is 0.404. The number of amides is 2. The van der Waals surface area contributed by atoms with Crippen molar-refractivity contribution < 1.29 is 14.3 Å². The number of ether oxygens (including phenoxy) is 1.